The van der Waals surface area contributed by atoms with Crippen molar-refractivity contribution in [2.45, 2.75) is 16.4 Å². The first-order valence-electron chi connectivity index (χ1n) is 9.30. The van der Waals surface area contributed by atoms with E-state index in [1.54, 1.807) is 31.4 Å². The van der Waals surface area contributed by atoms with Gasteiger partial charge in [-0.15, -0.1) is 0 Å². The van der Waals surface area contributed by atoms with Crippen LogP contribution in [0.5, 0.6) is 5.75 Å². The van der Waals surface area contributed by atoms with E-state index in [1.165, 1.54) is 0 Å². The summed E-state index contributed by atoms with van der Waals surface area (Å²) in [6.45, 7) is 0. The third-order valence-corrected chi connectivity index (χ3v) is 5.36. The fourth-order valence-electron chi connectivity index (χ4n) is 3.00. The van der Waals surface area contributed by atoms with Gasteiger partial charge in [-0.05, 0) is 52.8 Å². The normalized spacial score (nSPS) is 12.1. The van der Waals surface area contributed by atoms with E-state index in [9.17, 15) is 4.79 Å². The summed E-state index contributed by atoms with van der Waals surface area (Å²) >= 11 is 23.5. The Labute approximate surface area is 201 Å². The van der Waals surface area contributed by atoms with Crippen LogP contribution in [0.3, 0.4) is 0 Å². The molecule has 0 aromatic heterocycles. The summed E-state index contributed by atoms with van der Waals surface area (Å²) in [4.78, 5) is 12.7. The Morgan fingerprint density at radius 3 is 2.35 bits per heavy atom. The van der Waals surface area contributed by atoms with Gasteiger partial charge in [-0.1, -0.05) is 77.3 Å². The first kappa shape index (κ1) is 23.4. The number of halogens is 3. The molecule has 1 amide bonds. The largest absolute Gasteiger partial charge is 0.497 e. The van der Waals surface area contributed by atoms with Gasteiger partial charge in [-0.2, -0.15) is 0 Å². The van der Waals surface area contributed by atoms with Crippen molar-refractivity contribution in [3.8, 4) is 5.75 Å². The third kappa shape index (κ3) is 6.61. The number of carbonyl (C=O) groups excluding carboxylic acids is 1. The predicted octanol–water partition coefficient (Wildman–Crippen LogP) is 5.19. The number of fused-ring (bicyclic) bond motifs is 1. The quantitative estimate of drug-likeness (QED) is 0.249. The lowest BCUT2D eigenvalue weighted by molar-refractivity contribution is -0.121. The molecule has 162 valence electrons. The molecule has 0 spiro atoms. The second-order valence-electron chi connectivity index (χ2n) is 6.68. The fraction of sp³-hybridized carbons (Fsp3) is 0.182. The minimum absolute atomic E-state index is 0.124. The summed E-state index contributed by atoms with van der Waals surface area (Å²) in [6.07, 6.45) is -0.919. The molecule has 3 aromatic carbocycles. The van der Waals surface area contributed by atoms with Crippen molar-refractivity contribution in [1.29, 1.82) is 0 Å². The van der Waals surface area contributed by atoms with Gasteiger partial charge < -0.3 is 20.7 Å². The van der Waals surface area contributed by atoms with E-state index < -0.39 is 9.96 Å². The van der Waals surface area contributed by atoms with E-state index in [4.69, 9.17) is 51.8 Å². The zero-order chi connectivity index (χ0) is 22.4. The molecule has 5 nitrogen and oxygen atoms in total. The maximum absolute atomic E-state index is 12.7. The molecule has 0 saturated heterocycles. The van der Waals surface area contributed by atoms with E-state index in [0.29, 0.717) is 11.4 Å². The van der Waals surface area contributed by atoms with Crippen molar-refractivity contribution in [2.75, 3.05) is 12.4 Å². The lowest BCUT2D eigenvalue weighted by Crippen LogP contribution is -2.56. The Morgan fingerprint density at radius 2 is 1.68 bits per heavy atom. The van der Waals surface area contributed by atoms with E-state index in [-0.39, 0.29) is 17.4 Å². The highest BCUT2D eigenvalue weighted by Crippen LogP contribution is 2.29. The van der Waals surface area contributed by atoms with Gasteiger partial charge in [0.2, 0.25) is 9.70 Å². The number of alkyl halides is 3. The number of thiocarbonyl (C=S) groups is 1. The maximum atomic E-state index is 12.7. The highest BCUT2D eigenvalue weighted by molar-refractivity contribution is 7.80. The van der Waals surface area contributed by atoms with Crippen LogP contribution in [0, 0.1) is 0 Å². The standard InChI is InChI=1S/C22H20Cl3N3O2S/c1-30-17-11-9-16(10-12-17)26-21(31)28-20(22(23,24)25)27-19(29)13-15-7-4-6-14-5-2-3-8-18(14)15/h2-12,20H,13H2,1H3,(H,27,29)(H2,26,28,31)/t20-/m0/s1. The van der Waals surface area contributed by atoms with Crippen LogP contribution in [0.25, 0.3) is 10.8 Å². The number of benzene rings is 3. The van der Waals surface area contributed by atoms with Gasteiger partial charge in [0.05, 0.1) is 13.5 Å². The second-order valence-corrected chi connectivity index (χ2v) is 9.46. The number of hydrogen-bond donors (Lipinski definition) is 3. The third-order valence-electron chi connectivity index (χ3n) is 4.49. The molecule has 1 atom stereocenters. The molecule has 0 unspecified atom stereocenters. The smallest absolute Gasteiger partial charge is 0.228 e. The molecule has 0 aliphatic carbocycles. The van der Waals surface area contributed by atoms with Crippen molar-refractivity contribution in [1.82, 2.24) is 10.6 Å². The molecule has 0 bridgehead atoms. The molecule has 9 heteroatoms. The van der Waals surface area contributed by atoms with Crippen LogP contribution in [-0.2, 0) is 11.2 Å². The SMILES string of the molecule is COc1ccc(NC(=S)N[C@H](NC(=O)Cc2cccc3ccccc23)C(Cl)(Cl)Cl)cc1. The molecule has 0 saturated carbocycles. The Hall–Kier alpha value is -2.25. The highest BCUT2D eigenvalue weighted by Gasteiger charge is 2.34. The number of carbonyl (C=O) groups is 1. The van der Waals surface area contributed by atoms with Crippen molar-refractivity contribution in [3.63, 3.8) is 0 Å². The summed E-state index contributed by atoms with van der Waals surface area (Å²) in [5, 5.41) is 10.8. The van der Waals surface area contributed by atoms with Crippen molar-refractivity contribution in [3.05, 3.63) is 72.3 Å². The first-order chi connectivity index (χ1) is 14.8. The van der Waals surface area contributed by atoms with Gasteiger partial charge in [0.1, 0.15) is 11.9 Å². The molecule has 3 N–H and O–H groups in total. The number of anilines is 1. The Kier molecular flexibility index (Phi) is 7.84. The number of ether oxygens (including phenoxy) is 1. The van der Waals surface area contributed by atoms with Gasteiger partial charge in [0.15, 0.2) is 5.11 Å². The summed E-state index contributed by atoms with van der Waals surface area (Å²) in [7, 11) is 1.58. The summed E-state index contributed by atoms with van der Waals surface area (Å²) in [5.41, 5.74) is 1.58. The summed E-state index contributed by atoms with van der Waals surface area (Å²) in [5.74, 6) is 0.400. The first-order valence-corrected chi connectivity index (χ1v) is 10.8. The van der Waals surface area contributed by atoms with Crippen LogP contribution >= 0.6 is 47.0 Å². The molecular formula is C22H20Cl3N3O2S. The minimum Gasteiger partial charge on any atom is -0.497 e. The predicted molar refractivity (Wildman–Crippen MR) is 132 cm³/mol. The maximum Gasteiger partial charge on any atom is 0.228 e. The van der Waals surface area contributed by atoms with Crippen molar-refractivity contribution < 1.29 is 9.53 Å². The van der Waals surface area contributed by atoms with Gasteiger partial charge in [-0.25, -0.2) is 0 Å². The Bertz CT molecular complexity index is 1070. The number of methoxy groups -OCH3 is 1. The number of hydrogen-bond acceptors (Lipinski definition) is 3. The molecule has 31 heavy (non-hydrogen) atoms. The summed E-state index contributed by atoms with van der Waals surface area (Å²) in [6, 6.07) is 20.8. The van der Waals surface area contributed by atoms with E-state index in [0.717, 1.165) is 16.3 Å². The summed E-state index contributed by atoms with van der Waals surface area (Å²) < 4.78 is 3.29. The van der Waals surface area contributed by atoms with Crippen molar-refractivity contribution >= 4 is 74.5 Å². The van der Waals surface area contributed by atoms with Crippen LogP contribution < -0.4 is 20.7 Å². The van der Waals surface area contributed by atoms with Gasteiger partial charge >= 0.3 is 0 Å². The molecule has 0 aliphatic heterocycles. The van der Waals surface area contributed by atoms with Gasteiger partial charge in [-0.3, -0.25) is 4.79 Å². The molecule has 0 aliphatic rings. The van der Waals surface area contributed by atoms with Crippen molar-refractivity contribution in [2.24, 2.45) is 0 Å². The molecule has 3 rings (SSSR count). The average molecular weight is 497 g/mol. The molecule has 0 radical (unpaired) electrons. The molecular weight excluding hydrogens is 477 g/mol. The zero-order valence-electron chi connectivity index (χ0n) is 16.5. The Balaban J connectivity index is 1.66. The minimum atomic E-state index is -1.83. The van der Waals surface area contributed by atoms with Crippen LogP contribution in [0.4, 0.5) is 5.69 Å². The van der Waals surface area contributed by atoms with Gasteiger partial charge in [0, 0.05) is 5.69 Å². The molecule has 0 heterocycles. The number of rotatable bonds is 6. The van der Waals surface area contributed by atoms with Gasteiger partial charge in [0.25, 0.3) is 0 Å². The lowest BCUT2D eigenvalue weighted by atomic mass is 10.0. The fourth-order valence-corrected chi connectivity index (χ4v) is 3.57. The van der Waals surface area contributed by atoms with Crippen LogP contribution in [0.15, 0.2) is 66.7 Å². The van der Waals surface area contributed by atoms with Crippen LogP contribution in [0.1, 0.15) is 5.56 Å². The number of amides is 1. The topological polar surface area (TPSA) is 62.4 Å². The average Bonchev–Trinajstić information content (AvgIpc) is 2.73. The van der Waals surface area contributed by atoms with E-state index in [1.807, 2.05) is 42.5 Å². The molecule has 0 fully saturated rings. The lowest BCUT2D eigenvalue weighted by Gasteiger charge is -2.28. The van der Waals surface area contributed by atoms with Crippen LogP contribution in [-0.4, -0.2) is 28.1 Å². The Morgan fingerprint density at radius 1 is 1.00 bits per heavy atom. The van der Waals surface area contributed by atoms with Crippen LogP contribution in [0.2, 0.25) is 0 Å². The van der Waals surface area contributed by atoms with E-state index in [2.05, 4.69) is 16.0 Å². The highest BCUT2D eigenvalue weighted by atomic mass is 35.6. The second kappa shape index (κ2) is 10.4. The van der Waals surface area contributed by atoms with E-state index >= 15 is 0 Å². The molecule has 3 aromatic rings. The monoisotopic (exact) mass is 495 g/mol. The number of nitrogens with one attached hydrogen (secondary N) is 3. The zero-order valence-corrected chi connectivity index (χ0v) is 19.6.